The zero-order chi connectivity index (χ0) is 12.4. The van der Waals surface area contributed by atoms with E-state index in [2.05, 4.69) is 69.8 Å². The summed E-state index contributed by atoms with van der Waals surface area (Å²) in [6.45, 7) is 0.565. The van der Waals surface area contributed by atoms with E-state index in [4.69, 9.17) is 4.74 Å². The summed E-state index contributed by atoms with van der Waals surface area (Å²) in [6, 6.07) is 5.99. The Morgan fingerprint density at radius 3 is 2.12 bits per heavy atom. The van der Waals surface area contributed by atoms with Gasteiger partial charge in [-0.1, -0.05) is 15.9 Å². The summed E-state index contributed by atoms with van der Waals surface area (Å²) >= 11 is 15.5. The molecule has 0 saturated carbocycles. The molecule has 0 amide bonds. The molecule has 0 N–H and O–H groups in total. The molecule has 0 spiro atoms. The van der Waals surface area contributed by atoms with Crippen LogP contribution < -0.4 is 4.74 Å². The first-order chi connectivity index (χ1) is 8.06. The fraction of sp³-hybridized carbons (Fsp3) is 0.0909. The second-order valence-electron chi connectivity index (χ2n) is 3.22. The van der Waals surface area contributed by atoms with Crippen LogP contribution in [0.5, 0.6) is 5.75 Å². The maximum atomic E-state index is 5.80. The highest BCUT2D eigenvalue weighted by Gasteiger charge is 2.09. The minimum atomic E-state index is 0.565. The number of ether oxygens (including phenoxy) is 1. The Morgan fingerprint density at radius 2 is 1.59 bits per heavy atom. The van der Waals surface area contributed by atoms with Crippen LogP contribution in [-0.2, 0) is 6.61 Å². The van der Waals surface area contributed by atoms with Crippen LogP contribution in [0.2, 0.25) is 0 Å². The molecule has 0 aliphatic rings. The van der Waals surface area contributed by atoms with Crippen molar-refractivity contribution in [1.29, 1.82) is 0 Å². The highest BCUT2D eigenvalue weighted by Crippen LogP contribution is 2.37. The molecule has 0 unspecified atom stereocenters. The first kappa shape index (κ1) is 14.1. The molecule has 2 aromatic rings. The summed E-state index contributed by atoms with van der Waals surface area (Å²) in [4.78, 5) is 1.18. The van der Waals surface area contributed by atoms with Crippen LogP contribution >= 0.6 is 75.1 Å². The molecule has 1 nitrogen and oxygen atoms in total. The molecule has 1 aromatic carbocycles. The van der Waals surface area contributed by atoms with Crippen LogP contribution in [-0.4, -0.2) is 0 Å². The maximum Gasteiger partial charge on any atom is 0.148 e. The molecule has 1 aromatic heterocycles. The first-order valence-corrected chi connectivity index (χ1v) is 8.61. The smallest absolute Gasteiger partial charge is 0.148 e. The zero-order valence-electron chi connectivity index (χ0n) is 8.34. The van der Waals surface area contributed by atoms with Gasteiger partial charge in [0, 0.05) is 19.2 Å². The van der Waals surface area contributed by atoms with Crippen LogP contribution in [0.25, 0.3) is 0 Å². The van der Waals surface area contributed by atoms with Gasteiger partial charge >= 0.3 is 0 Å². The van der Waals surface area contributed by atoms with E-state index in [0.717, 1.165) is 23.6 Å². The third-order valence-corrected chi connectivity index (χ3v) is 5.25. The van der Waals surface area contributed by atoms with Crippen LogP contribution in [0, 0.1) is 0 Å². The van der Waals surface area contributed by atoms with Crippen molar-refractivity contribution in [3.8, 4) is 5.75 Å². The second kappa shape index (κ2) is 6.19. The van der Waals surface area contributed by atoms with Gasteiger partial charge in [0.25, 0.3) is 0 Å². The minimum Gasteiger partial charge on any atom is -0.486 e. The first-order valence-electron chi connectivity index (χ1n) is 4.56. The van der Waals surface area contributed by atoms with Crippen molar-refractivity contribution < 1.29 is 4.74 Å². The molecule has 0 saturated heterocycles. The summed E-state index contributed by atoms with van der Waals surface area (Å²) < 4.78 is 9.74. The van der Waals surface area contributed by atoms with Gasteiger partial charge in [-0.3, -0.25) is 0 Å². The van der Waals surface area contributed by atoms with E-state index >= 15 is 0 Å². The number of thiophene rings is 1. The number of hydrogen-bond acceptors (Lipinski definition) is 2. The minimum absolute atomic E-state index is 0.565. The molecular weight excluding hydrogens is 500 g/mol. The van der Waals surface area contributed by atoms with Crippen LogP contribution in [0.3, 0.4) is 0 Å². The summed E-state index contributed by atoms with van der Waals surface area (Å²) in [5, 5.41) is 2.05. The van der Waals surface area contributed by atoms with Crippen molar-refractivity contribution in [3.05, 3.63) is 46.3 Å². The highest BCUT2D eigenvalue weighted by molar-refractivity contribution is 9.11. The van der Waals surface area contributed by atoms with Gasteiger partial charge < -0.3 is 4.74 Å². The molecule has 2 rings (SSSR count). The summed E-state index contributed by atoms with van der Waals surface area (Å²) in [5.41, 5.74) is 0. The van der Waals surface area contributed by atoms with Crippen LogP contribution in [0.1, 0.15) is 4.88 Å². The van der Waals surface area contributed by atoms with Gasteiger partial charge in [-0.2, -0.15) is 0 Å². The van der Waals surface area contributed by atoms with Gasteiger partial charge in [0.2, 0.25) is 0 Å². The Bertz CT molecular complexity index is 515. The molecular formula is C11H6Br4OS. The number of benzene rings is 1. The molecule has 0 aliphatic heterocycles. The van der Waals surface area contributed by atoms with Crippen molar-refractivity contribution in [1.82, 2.24) is 0 Å². The summed E-state index contributed by atoms with van der Waals surface area (Å²) in [7, 11) is 0. The van der Waals surface area contributed by atoms with Gasteiger partial charge in [0.1, 0.15) is 12.4 Å². The van der Waals surface area contributed by atoms with Gasteiger partial charge in [-0.15, -0.1) is 11.3 Å². The molecule has 0 radical (unpaired) electrons. The van der Waals surface area contributed by atoms with Crippen molar-refractivity contribution in [2.45, 2.75) is 6.61 Å². The van der Waals surface area contributed by atoms with E-state index in [1.54, 1.807) is 11.3 Å². The normalized spacial score (nSPS) is 10.6. The molecule has 0 fully saturated rings. The second-order valence-corrected chi connectivity index (χ2v) is 7.75. The Labute approximate surface area is 137 Å². The number of rotatable bonds is 3. The predicted octanol–water partition coefficient (Wildman–Crippen LogP) is 6.38. The molecule has 1 heterocycles. The van der Waals surface area contributed by atoms with Crippen molar-refractivity contribution >= 4 is 75.1 Å². The van der Waals surface area contributed by atoms with E-state index < -0.39 is 0 Å². The lowest BCUT2D eigenvalue weighted by Crippen LogP contribution is -1.94. The summed E-state index contributed by atoms with van der Waals surface area (Å²) in [6.07, 6.45) is 0. The molecule has 0 bridgehead atoms. The van der Waals surface area contributed by atoms with Gasteiger partial charge in [0.15, 0.2) is 0 Å². The van der Waals surface area contributed by atoms with E-state index in [1.807, 2.05) is 17.5 Å². The monoisotopic (exact) mass is 502 g/mol. The average molecular weight is 506 g/mol. The molecule has 6 heteroatoms. The van der Waals surface area contributed by atoms with Crippen molar-refractivity contribution in [2.75, 3.05) is 0 Å². The van der Waals surface area contributed by atoms with Crippen LogP contribution in [0.15, 0.2) is 41.5 Å². The lowest BCUT2D eigenvalue weighted by atomic mass is 10.3. The van der Waals surface area contributed by atoms with Crippen molar-refractivity contribution in [3.63, 3.8) is 0 Å². The Kier molecular flexibility index (Phi) is 5.12. The third-order valence-electron chi connectivity index (χ3n) is 1.94. The zero-order valence-corrected chi connectivity index (χ0v) is 15.5. The standard InChI is InChI=1S/C11H6Br4OS/c12-6-2-9(14)11(10(15)3-6)16-4-8-1-7(13)5-17-8/h1-3,5H,4H2. The SMILES string of the molecule is Brc1csc(COc2c(Br)cc(Br)cc2Br)c1. The van der Waals surface area contributed by atoms with Gasteiger partial charge in [0.05, 0.1) is 8.95 Å². The fourth-order valence-corrected chi connectivity index (χ4v) is 5.09. The number of halogens is 4. The van der Waals surface area contributed by atoms with E-state index in [9.17, 15) is 0 Å². The Balaban J connectivity index is 2.14. The molecule has 17 heavy (non-hydrogen) atoms. The lowest BCUT2D eigenvalue weighted by molar-refractivity contribution is 0.305. The van der Waals surface area contributed by atoms with E-state index in [0.29, 0.717) is 6.61 Å². The Hall–Kier alpha value is 0.640. The maximum absolute atomic E-state index is 5.80. The quantitative estimate of drug-likeness (QED) is 0.470. The van der Waals surface area contributed by atoms with E-state index in [1.165, 1.54) is 4.88 Å². The van der Waals surface area contributed by atoms with Crippen molar-refractivity contribution in [2.24, 2.45) is 0 Å². The number of hydrogen-bond donors (Lipinski definition) is 0. The molecule has 90 valence electrons. The van der Waals surface area contributed by atoms with Gasteiger partial charge in [-0.05, 0) is 66.0 Å². The third kappa shape index (κ3) is 3.80. The fourth-order valence-electron chi connectivity index (χ4n) is 1.24. The van der Waals surface area contributed by atoms with Crippen LogP contribution in [0.4, 0.5) is 0 Å². The average Bonchev–Trinajstić information content (AvgIpc) is 2.62. The molecule has 0 aliphatic carbocycles. The largest absolute Gasteiger partial charge is 0.486 e. The highest BCUT2D eigenvalue weighted by atomic mass is 79.9. The Morgan fingerprint density at radius 1 is 0.941 bits per heavy atom. The lowest BCUT2D eigenvalue weighted by Gasteiger charge is -2.09. The van der Waals surface area contributed by atoms with Gasteiger partial charge in [-0.25, -0.2) is 0 Å². The summed E-state index contributed by atoms with van der Waals surface area (Å²) in [5.74, 6) is 0.817. The topological polar surface area (TPSA) is 9.23 Å². The molecule has 0 atom stereocenters. The van der Waals surface area contributed by atoms with E-state index in [-0.39, 0.29) is 0 Å². The predicted molar refractivity (Wildman–Crippen MR) is 85.9 cm³/mol.